The third kappa shape index (κ3) is 5.11. The summed E-state index contributed by atoms with van der Waals surface area (Å²) in [5.74, 6) is 0.701. The summed E-state index contributed by atoms with van der Waals surface area (Å²) in [5, 5.41) is 12.7. The number of amides is 2. The number of anilines is 1. The first-order valence-electron chi connectivity index (χ1n) is 8.00. The Hall–Kier alpha value is -3.26. The number of hydrogen-bond donors (Lipinski definition) is 3. The van der Waals surface area contributed by atoms with Crippen molar-refractivity contribution < 1.29 is 19.1 Å². The third-order valence-electron chi connectivity index (χ3n) is 3.58. The molecule has 1 heterocycles. The van der Waals surface area contributed by atoms with Gasteiger partial charge in [-0.3, -0.25) is 15.0 Å². The van der Waals surface area contributed by atoms with Crippen LogP contribution in [-0.2, 0) is 9.59 Å². The first kappa shape index (κ1) is 18.5. The number of rotatable bonds is 6. The number of ether oxygens (including phenoxy) is 2. The summed E-state index contributed by atoms with van der Waals surface area (Å²) in [6, 6.07) is 14.0. The van der Waals surface area contributed by atoms with Crippen LogP contribution < -0.4 is 20.1 Å². The highest BCUT2D eigenvalue weighted by Crippen LogP contribution is 2.25. The number of thioether (sulfide) groups is 1. The van der Waals surface area contributed by atoms with Crippen LogP contribution in [0.2, 0.25) is 0 Å². The monoisotopic (exact) mass is 383 g/mol. The molecule has 1 aliphatic rings. The van der Waals surface area contributed by atoms with Crippen molar-refractivity contribution in [2.45, 2.75) is 0 Å². The van der Waals surface area contributed by atoms with Gasteiger partial charge in [-0.1, -0.05) is 12.1 Å². The van der Waals surface area contributed by atoms with E-state index in [1.807, 2.05) is 0 Å². The Morgan fingerprint density at radius 1 is 1.15 bits per heavy atom. The molecule has 2 aromatic rings. The van der Waals surface area contributed by atoms with Crippen LogP contribution >= 0.6 is 11.8 Å². The fraction of sp³-hybridized carbons (Fsp3) is 0.105. The van der Waals surface area contributed by atoms with Crippen LogP contribution in [0.3, 0.4) is 0 Å². The largest absolute Gasteiger partial charge is 0.497 e. The van der Waals surface area contributed by atoms with Gasteiger partial charge >= 0.3 is 0 Å². The summed E-state index contributed by atoms with van der Waals surface area (Å²) in [7, 11) is 1.58. The molecule has 1 aliphatic heterocycles. The Kier molecular flexibility index (Phi) is 5.77. The summed E-state index contributed by atoms with van der Waals surface area (Å²) >= 11 is 1.08. The van der Waals surface area contributed by atoms with E-state index in [0.717, 1.165) is 17.3 Å². The molecule has 1 fully saturated rings. The lowest BCUT2D eigenvalue weighted by molar-refractivity contribution is -0.118. The number of nitrogens with one attached hydrogen (secondary N) is 3. The van der Waals surface area contributed by atoms with E-state index >= 15 is 0 Å². The highest BCUT2D eigenvalue weighted by Gasteiger charge is 2.21. The van der Waals surface area contributed by atoms with Gasteiger partial charge in [0.25, 0.3) is 11.8 Å². The van der Waals surface area contributed by atoms with Crippen LogP contribution in [0.15, 0.2) is 53.4 Å². The molecule has 0 bridgehead atoms. The summed E-state index contributed by atoms with van der Waals surface area (Å²) in [6.07, 6.45) is 1.70. The van der Waals surface area contributed by atoms with Gasteiger partial charge in [0.1, 0.15) is 11.5 Å². The van der Waals surface area contributed by atoms with E-state index in [1.54, 1.807) is 61.7 Å². The number of benzene rings is 2. The molecule has 2 amide bonds. The van der Waals surface area contributed by atoms with Crippen LogP contribution in [0.25, 0.3) is 6.08 Å². The van der Waals surface area contributed by atoms with E-state index in [1.165, 1.54) is 0 Å². The molecule has 0 saturated carbocycles. The average Bonchev–Trinajstić information content (AvgIpc) is 2.98. The zero-order valence-corrected chi connectivity index (χ0v) is 15.3. The third-order valence-corrected chi connectivity index (χ3v) is 4.41. The molecule has 3 N–H and O–H groups in total. The number of methoxy groups -OCH3 is 1. The van der Waals surface area contributed by atoms with Crippen molar-refractivity contribution in [3.05, 3.63) is 59.0 Å². The van der Waals surface area contributed by atoms with Gasteiger partial charge < -0.3 is 20.1 Å². The molecular weight excluding hydrogens is 366 g/mol. The van der Waals surface area contributed by atoms with Crippen LogP contribution in [0.4, 0.5) is 5.69 Å². The van der Waals surface area contributed by atoms with Gasteiger partial charge in [0, 0.05) is 5.69 Å². The highest BCUT2D eigenvalue weighted by atomic mass is 32.2. The number of hydrogen-bond acceptors (Lipinski definition) is 6. The number of amidine groups is 1. The summed E-state index contributed by atoms with van der Waals surface area (Å²) in [6.45, 7) is -0.123. The van der Waals surface area contributed by atoms with Crippen molar-refractivity contribution in [1.82, 2.24) is 5.32 Å². The molecule has 0 radical (unpaired) electrons. The Morgan fingerprint density at radius 2 is 1.81 bits per heavy atom. The van der Waals surface area contributed by atoms with Crippen molar-refractivity contribution in [1.29, 1.82) is 5.41 Å². The average molecular weight is 383 g/mol. The SMILES string of the molecule is COc1ccc(NC(=O)COc2ccc(/C=C3\SC(=N)NC3=O)cc2)cc1. The minimum atomic E-state index is -0.277. The van der Waals surface area contributed by atoms with Gasteiger partial charge in [0.05, 0.1) is 12.0 Å². The van der Waals surface area contributed by atoms with E-state index in [0.29, 0.717) is 22.1 Å². The molecule has 2 aromatic carbocycles. The van der Waals surface area contributed by atoms with E-state index in [9.17, 15) is 9.59 Å². The van der Waals surface area contributed by atoms with Crippen molar-refractivity contribution in [3.8, 4) is 11.5 Å². The van der Waals surface area contributed by atoms with Crippen LogP contribution in [0.1, 0.15) is 5.56 Å². The van der Waals surface area contributed by atoms with Crippen LogP contribution in [-0.4, -0.2) is 30.7 Å². The zero-order chi connectivity index (χ0) is 19.2. The van der Waals surface area contributed by atoms with Crippen molar-refractivity contribution in [3.63, 3.8) is 0 Å². The summed E-state index contributed by atoms with van der Waals surface area (Å²) in [4.78, 5) is 24.0. The Labute approximate surface area is 160 Å². The van der Waals surface area contributed by atoms with Crippen molar-refractivity contribution in [2.24, 2.45) is 0 Å². The van der Waals surface area contributed by atoms with E-state index < -0.39 is 0 Å². The molecule has 8 heteroatoms. The predicted octanol–water partition coefficient (Wildman–Crippen LogP) is 2.85. The molecule has 3 rings (SSSR count). The second-order valence-corrected chi connectivity index (χ2v) is 6.58. The van der Waals surface area contributed by atoms with Gasteiger partial charge in [-0.2, -0.15) is 0 Å². The minimum absolute atomic E-state index is 0.120. The Morgan fingerprint density at radius 3 is 2.41 bits per heavy atom. The fourth-order valence-electron chi connectivity index (χ4n) is 2.27. The first-order valence-corrected chi connectivity index (χ1v) is 8.81. The lowest BCUT2D eigenvalue weighted by atomic mass is 10.2. The standard InChI is InChI=1S/C19H17N3O4S/c1-25-14-8-4-13(5-9-14)21-17(23)11-26-15-6-2-12(3-7-15)10-16-18(24)22-19(20)27-16/h2-10H,11H2,1H3,(H,21,23)(H2,20,22,24)/b16-10-. The fourth-order valence-corrected chi connectivity index (χ4v) is 2.98. The maximum atomic E-state index is 12.0. The molecule has 0 spiro atoms. The molecule has 0 aromatic heterocycles. The van der Waals surface area contributed by atoms with E-state index in [4.69, 9.17) is 14.9 Å². The zero-order valence-electron chi connectivity index (χ0n) is 14.4. The number of carbonyl (C=O) groups is 2. The van der Waals surface area contributed by atoms with E-state index in [-0.39, 0.29) is 23.6 Å². The normalized spacial score (nSPS) is 14.8. The second kappa shape index (κ2) is 8.41. The molecule has 0 atom stereocenters. The molecule has 1 saturated heterocycles. The molecule has 7 nitrogen and oxygen atoms in total. The Bertz CT molecular complexity index is 892. The molecule has 0 unspecified atom stereocenters. The van der Waals surface area contributed by atoms with Gasteiger partial charge in [-0.25, -0.2) is 0 Å². The maximum absolute atomic E-state index is 12.0. The van der Waals surface area contributed by atoms with Crippen molar-refractivity contribution >= 4 is 40.5 Å². The van der Waals surface area contributed by atoms with Crippen LogP contribution in [0, 0.1) is 5.41 Å². The number of carbonyl (C=O) groups excluding carboxylic acids is 2. The molecule has 138 valence electrons. The van der Waals surface area contributed by atoms with E-state index in [2.05, 4.69) is 10.6 Å². The van der Waals surface area contributed by atoms with Gasteiger partial charge in [-0.15, -0.1) is 0 Å². The highest BCUT2D eigenvalue weighted by molar-refractivity contribution is 8.18. The summed E-state index contributed by atoms with van der Waals surface area (Å²) < 4.78 is 10.5. The lowest BCUT2D eigenvalue weighted by Crippen LogP contribution is -2.20. The molecule has 0 aliphatic carbocycles. The first-order chi connectivity index (χ1) is 13.0. The topological polar surface area (TPSA) is 101 Å². The molecular formula is C19H17N3O4S. The Balaban J connectivity index is 1.52. The van der Waals surface area contributed by atoms with Gasteiger partial charge in [-0.05, 0) is 59.8 Å². The molecule has 27 heavy (non-hydrogen) atoms. The lowest BCUT2D eigenvalue weighted by Gasteiger charge is -2.08. The minimum Gasteiger partial charge on any atom is -0.497 e. The van der Waals surface area contributed by atoms with Gasteiger partial charge in [0.15, 0.2) is 11.8 Å². The maximum Gasteiger partial charge on any atom is 0.264 e. The van der Waals surface area contributed by atoms with Gasteiger partial charge in [0.2, 0.25) is 0 Å². The smallest absolute Gasteiger partial charge is 0.264 e. The predicted molar refractivity (Wildman–Crippen MR) is 105 cm³/mol. The summed E-state index contributed by atoms with van der Waals surface area (Å²) in [5.41, 5.74) is 1.46. The van der Waals surface area contributed by atoms with Crippen LogP contribution in [0.5, 0.6) is 11.5 Å². The second-order valence-electron chi connectivity index (χ2n) is 5.53. The quantitative estimate of drug-likeness (QED) is 0.666. The van der Waals surface area contributed by atoms with Crippen molar-refractivity contribution in [2.75, 3.05) is 19.0 Å².